The van der Waals surface area contributed by atoms with E-state index in [1.54, 1.807) is 19.2 Å². The van der Waals surface area contributed by atoms with E-state index in [4.69, 9.17) is 53.8 Å². The van der Waals surface area contributed by atoms with Gasteiger partial charge in [0.1, 0.15) is 18.2 Å². The molecule has 31 heavy (non-hydrogen) atoms. The first-order valence-corrected chi connectivity index (χ1v) is 10.8. The maximum absolute atomic E-state index is 6.33. The second kappa shape index (κ2) is 8.48. The first-order chi connectivity index (χ1) is 15.0. The lowest BCUT2D eigenvalue weighted by Gasteiger charge is -2.20. The van der Waals surface area contributed by atoms with Crippen molar-refractivity contribution in [2.75, 3.05) is 25.6 Å². The summed E-state index contributed by atoms with van der Waals surface area (Å²) in [4.78, 5) is 8.74. The highest BCUT2D eigenvalue weighted by molar-refractivity contribution is 6.49. The number of fused-ring (bicyclic) bond motifs is 2. The second-order valence-corrected chi connectivity index (χ2v) is 8.41. The number of hydrogen-bond acceptors (Lipinski definition) is 7. The standard InChI is InChI=1S/C21H18Cl3N3O4/c1-28-15-6-10-13(7-16(15)31-17-8-30-14-4-5-29-20(14)17)25-9-26-21(10)27-12-3-2-11(22)18(23)19(12)24/h2-3,6-7,9,14,17,20H,4-5,8H2,1H3,(H,25,26,27). The number of aromatic nitrogens is 2. The minimum atomic E-state index is -0.201. The topological polar surface area (TPSA) is 74.7 Å². The van der Waals surface area contributed by atoms with Crippen LogP contribution in [-0.2, 0) is 9.47 Å². The molecule has 5 rings (SSSR count). The Morgan fingerprint density at radius 1 is 1.06 bits per heavy atom. The van der Waals surface area contributed by atoms with Gasteiger partial charge >= 0.3 is 0 Å². The number of nitrogens with one attached hydrogen (secondary N) is 1. The molecule has 7 nitrogen and oxygen atoms in total. The summed E-state index contributed by atoms with van der Waals surface area (Å²) < 4.78 is 23.4. The molecule has 0 aliphatic carbocycles. The highest BCUT2D eigenvalue weighted by Gasteiger charge is 2.43. The fourth-order valence-electron chi connectivity index (χ4n) is 3.86. The molecule has 3 atom stereocenters. The third-order valence-corrected chi connectivity index (χ3v) is 6.70. The molecule has 0 amide bonds. The number of methoxy groups -OCH3 is 1. The van der Waals surface area contributed by atoms with E-state index >= 15 is 0 Å². The number of halogens is 3. The van der Waals surface area contributed by atoms with Crippen molar-refractivity contribution in [3.63, 3.8) is 0 Å². The van der Waals surface area contributed by atoms with Gasteiger partial charge in [0.2, 0.25) is 0 Å². The predicted molar refractivity (Wildman–Crippen MR) is 119 cm³/mol. The monoisotopic (exact) mass is 481 g/mol. The summed E-state index contributed by atoms with van der Waals surface area (Å²) in [7, 11) is 1.58. The maximum atomic E-state index is 6.33. The molecule has 10 heteroatoms. The van der Waals surface area contributed by atoms with Crippen molar-refractivity contribution in [1.29, 1.82) is 0 Å². The van der Waals surface area contributed by atoms with Gasteiger partial charge in [-0.3, -0.25) is 0 Å². The third kappa shape index (κ3) is 3.85. The minimum Gasteiger partial charge on any atom is -0.493 e. The van der Waals surface area contributed by atoms with Crippen molar-refractivity contribution < 1.29 is 18.9 Å². The van der Waals surface area contributed by atoms with E-state index < -0.39 is 0 Å². The molecule has 0 radical (unpaired) electrons. The molecule has 2 saturated heterocycles. The molecule has 1 N–H and O–H groups in total. The van der Waals surface area contributed by atoms with Crippen molar-refractivity contribution in [1.82, 2.24) is 9.97 Å². The van der Waals surface area contributed by atoms with Crippen molar-refractivity contribution in [2.45, 2.75) is 24.7 Å². The molecule has 0 spiro atoms. The minimum absolute atomic E-state index is 0.0696. The molecule has 3 heterocycles. The number of anilines is 2. The van der Waals surface area contributed by atoms with Gasteiger partial charge in [0.05, 0.1) is 46.1 Å². The summed E-state index contributed by atoms with van der Waals surface area (Å²) in [5.41, 5.74) is 1.25. The van der Waals surface area contributed by atoms with E-state index in [1.165, 1.54) is 6.33 Å². The Bertz CT molecular complexity index is 1150. The first kappa shape index (κ1) is 20.8. The van der Waals surface area contributed by atoms with E-state index in [-0.39, 0.29) is 23.3 Å². The Morgan fingerprint density at radius 2 is 1.94 bits per heavy atom. The average molecular weight is 483 g/mol. The van der Waals surface area contributed by atoms with Gasteiger partial charge in [-0.15, -0.1) is 0 Å². The largest absolute Gasteiger partial charge is 0.493 e. The van der Waals surface area contributed by atoms with Crippen LogP contribution in [0, 0.1) is 0 Å². The van der Waals surface area contributed by atoms with Gasteiger partial charge in [-0.1, -0.05) is 34.8 Å². The van der Waals surface area contributed by atoms with Crippen LogP contribution in [0.4, 0.5) is 11.5 Å². The summed E-state index contributed by atoms with van der Waals surface area (Å²) >= 11 is 18.5. The molecular weight excluding hydrogens is 465 g/mol. The number of hydrogen-bond donors (Lipinski definition) is 1. The lowest BCUT2D eigenvalue weighted by molar-refractivity contribution is 0.0298. The third-order valence-electron chi connectivity index (χ3n) is 5.41. The van der Waals surface area contributed by atoms with Gasteiger partial charge < -0.3 is 24.3 Å². The fraction of sp³-hybridized carbons (Fsp3) is 0.333. The molecule has 2 aromatic carbocycles. The maximum Gasteiger partial charge on any atom is 0.164 e. The predicted octanol–water partition coefficient (Wildman–Crippen LogP) is 5.28. The summed E-state index contributed by atoms with van der Waals surface area (Å²) in [6.45, 7) is 1.16. The van der Waals surface area contributed by atoms with Gasteiger partial charge in [0.25, 0.3) is 0 Å². The lowest BCUT2D eigenvalue weighted by Crippen LogP contribution is -2.32. The van der Waals surface area contributed by atoms with E-state index in [9.17, 15) is 0 Å². The van der Waals surface area contributed by atoms with Crippen LogP contribution in [0.2, 0.25) is 15.1 Å². The van der Waals surface area contributed by atoms with Gasteiger partial charge in [0, 0.05) is 18.1 Å². The Labute approximate surface area is 193 Å². The molecule has 2 aliphatic heterocycles. The second-order valence-electron chi connectivity index (χ2n) is 7.24. The fourth-order valence-corrected chi connectivity index (χ4v) is 4.44. The molecule has 3 aromatic rings. The molecule has 3 unspecified atom stereocenters. The molecule has 0 bridgehead atoms. The van der Waals surface area contributed by atoms with E-state index in [0.29, 0.717) is 51.8 Å². The van der Waals surface area contributed by atoms with E-state index in [2.05, 4.69) is 15.3 Å². The molecule has 1 aromatic heterocycles. The molecule has 162 valence electrons. The van der Waals surface area contributed by atoms with Crippen molar-refractivity contribution in [2.24, 2.45) is 0 Å². The van der Waals surface area contributed by atoms with Gasteiger partial charge in [0.15, 0.2) is 17.6 Å². The Balaban J connectivity index is 1.49. The van der Waals surface area contributed by atoms with Crippen LogP contribution >= 0.6 is 34.8 Å². The van der Waals surface area contributed by atoms with Crippen LogP contribution in [0.3, 0.4) is 0 Å². The molecular formula is C21H18Cl3N3O4. The zero-order valence-electron chi connectivity index (χ0n) is 16.4. The van der Waals surface area contributed by atoms with Gasteiger partial charge in [-0.2, -0.15) is 0 Å². The number of rotatable bonds is 5. The smallest absolute Gasteiger partial charge is 0.164 e. The highest BCUT2D eigenvalue weighted by atomic mass is 35.5. The van der Waals surface area contributed by atoms with Crippen molar-refractivity contribution >= 4 is 57.2 Å². The number of ether oxygens (including phenoxy) is 4. The molecule has 2 fully saturated rings. The summed E-state index contributed by atoms with van der Waals surface area (Å²) in [6, 6.07) is 7.04. The summed E-state index contributed by atoms with van der Waals surface area (Å²) in [6.07, 6.45) is 2.17. The lowest BCUT2D eigenvalue weighted by atomic mass is 10.1. The van der Waals surface area contributed by atoms with Crippen LogP contribution in [0.5, 0.6) is 11.5 Å². The number of benzene rings is 2. The van der Waals surface area contributed by atoms with Gasteiger partial charge in [-0.05, 0) is 24.6 Å². The zero-order chi connectivity index (χ0) is 21.5. The van der Waals surface area contributed by atoms with Gasteiger partial charge in [-0.25, -0.2) is 9.97 Å². The normalized spacial score (nSPS) is 22.5. The Hall–Kier alpha value is -2.03. The Morgan fingerprint density at radius 3 is 2.77 bits per heavy atom. The van der Waals surface area contributed by atoms with Crippen molar-refractivity contribution in [3.05, 3.63) is 45.7 Å². The summed E-state index contributed by atoms with van der Waals surface area (Å²) in [5, 5.41) is 4.87. The quantitative estimate of drug-likeness (QED) is 0.496. The highest BCUT2D eigenvalue weighted by Crippen LogP contribution is 2.40. The van der Waals surface area contributed by atoms with Crippen molar-refractivity contribution in [3.8, 4) is 11.5 Å². The summed E-state index contributed by atoms with van der Waals surface area (Å²) in [5.74, 6) is 1.66. The van der Waals surface area contributed by atoms with E-state index in [0.717, 1.165) is 11.8 Å². The van der Waals surface area contributed by atoms with Crippen LogP contribution in [0.15, 0.2) is 30.6 Å². The number of nitrogens with zero attached hydrogens (tertiary/aromatic N) is 2. The first-order valence-electron chi connectivity index (χ1n) is 9.68. The van der Waals surface area contributed by atoms with Crippen LogP contribution in [0.1, 0.15) is 6.42 Å². The Kier molecular flexibility index (Phi) is 5.71. The van der Waals surface area contributed by atoms with Crippen LogP contribution in [0.25, 0.3) is 10.9 Å². The zero-order valence-corrected chi connectivity index (χ0v) is 18.7. The molecule has 2 aliphatic rings. The van der Waals surface area contributed by atoms with Crippen LogP contribution < -0.4 is 14.8 Å². The van der Waals surface area contributed by atoms with Crippen LogP contribution in [-0.4, -0.2) is 48.6 Å². The molecule has 0 saturated carbocycles. The SMILES string of the molecule is COc1cc2c(Nc3ccc(Cl)c(Cl)c3Cl)ncnc2cc1OC1COC2CCOC21. The van der Waals surface area contributed by atoms with E-state index in [1.807, 2.05) is 12.1 Å². The average Bonchev–Trinajstić information content (AvgIpc) is 3.39.